The first-order valence-corrected chi connectivity index (χ1v) is 11.8. The zero-order valence-electron chi connectivity index (χ0n) is 19.1. The van der Waals surface area contributed by atoms with Crippen LogP contribution in [0.25, 0.3) is 27.8 Å². The molecule has 2 aromatic carbocycles. The minimum atomic E-state index is -0.472. The SMILES string of the molecule is CCOC(=O)c1nnn(-c2cc(C)nc3ccc(C4CCCCC4)cc23)c1-c1ccccc1. The molecule has 0 N–H and O–H groups in total. The molecule has 4 aromatic rings. The lowest BCUT2D eigenvalue weighted by Crippen LogP contribution is -2.08. The molecule has 2 aromatic heterocycles. The lowest BCUT2D eigenvalue weighted by Gasteiger charge is -2.22. The summed E-state index contributed by atoms with van der Waals surface area (Å²) >= 11 is 0. The fourth-order valence-electron chi connectivity index (χ4n) is 4.86. The van der Waals surface area contributed by atoms with E-state index in [1.807, 2.05) is 43.3 Å². The molecule has 0 spiro atoms. The summed E-state index contributed by atoms with van der Waals surface area (Å²) in [7, 11) is 0. The van der Waals surface area contributed by atoms with Crippen LogP contribution >= 0.6 is 0 Å². The first kappa shape index (κ1) is 21.3. The molecule has 1 aliphatic carbocycles. The lowest BCUT2D eigenvalue weighted by molar-refractivity contribution is 0.0520. The normalized spacial score (nSPS) is 14.5. The Morgan fingerprint density at radius 3 is 2.61 bits per heavy atom. The Morgan fingerprint density at radius 2 is 1.85 bits per heavy atom. The summed E-state index contributed by atoms with van der Waals surface area (Å²) in [5, 5.41) is 9.71. The molecule has 6 nitrogen and oxygen atoms in total. The largest absolute Gasteiger partial charge is 0.461 e. The van der Waals surface area contributed by atoms with Gasteiger partial charge < -0.3 is 4.74 Å². The molecule has 2 heterocycles. The van der Waals surface area contributed by atoms with E-state index >= 15 is 0 Å². The topological polar surface area (TPSA) is 69.9 Å². The molecule has 1 saturated carbocycles. The minimum absolute atomic E-state index is 0.217. The minimum Gasteiger partial charge on any atom is -0.461 e. The fraction of sp³-hybridized carbons (Fsp3) is 0.333. The number of benzene rings is 2. The monoisotopic (exact) mass is 440 g/mol. The highest BCUT2D eigenvalue weighted by Gasteiger charge is 2.25. The zero-order chi connectivity index (χ0) is 22.8. The second-order valence-corrected chi connectivity index (χ2v) is 8.68. The van der Waals surface area contributed by atoms with E-state index in [0.717, 1.165) is 27.8 Å². The summed E-state index contributed by atoms with van der Waals surface area (Å²) in [6, 6.07) is 18.4. The van der Waals surface area contributed by atoms with Crippen molar-refractivity contribution in [3.05, 3.63) is 71.5 Å². The number of aromatic nitrogens is 4. The number of fused-ring (bicyclic) bond motifs is 1. The van der Waals surface area contributed by atoms with Crippen LogP contribution in [-0.2, 0) is 4.74 Å². The van der Waals surface area contributed by atoms with E-state index in [4.69, 9.17) is 9.72 Å². The van der Waals surface area contributed by atoms with Gasteiger partial charge in [-0.05, 0) is 56.4 Å². The number of hydrogen-bond acceptors (Lipinski definition) is 5. The van der Waals surface area contributed by atoms with E-state index in [9.17, 15) is 4.79 Å². The smallest absolute Gasteiger partial charge is 0.361 e. The molecule has 0 saturated heterocycles. The van der Waals surface area contributed by atoms with Crippen LogP contribution in [0.1, 0.15) is 66.7 Å². The number of aryl methyl sites for hydroxylation is 1. The van der Waals surface area contributed by atoms with Crippen molar-refractivity contribution in [1.82, 2.24) is 20.0 Å². The lowest BCUT2D eigenvalue weighted by atomic mass is 9.83. The van der Waals surface area contributed by atoms with E-state index in [1.165, 1.54) is 37.7 Å². The van der Waals surface area contributed by atoms with Gasteiger partial charge in [-0.1, -0.05) is 60.9 Å². The van der Waals surface area contributed by atoms with E-state index in [1.54, 1.807) is 11.6 Å². The second kappa shape index (κ2) is 9.14. The third-order valence-corrected chi connectivity index (χ3v) is 6.43. The molecule has 0 radical (unpaired) electrons. The van der Waals surface area contributed by atoms with E-state index in [0.29, 0.717) is 11.6 Å². The predicted molar refractivity (Wildman–Crippen MR) is 129 cm³/mol. The molecule has 0 aliphatic heterocycles. The Morgan fingerprint density at radius 1 is 1.06 bits per heavy atom. The van der Waals surface area contributed by atoms with Gasteiger partial charge in [0.15, 0.2) is 5.69 Å². The van der Waals surface area contributed by atoms with Crippen LogP contribution in [0.5, 0.6) is 0 Å². The number of pyridine rings is 1. The van der Waals surface area contributed by atoms with E-state index in [-0.39, 0.29) is 12.3 Å². The average molecular weight is 441 g/mol. The van der Waals surface area contributed by atoms with Crippen molar-refractivity contribution in [3.8, 4) is 16.9 Å². The zero-order valence-corrected chi connectivity index (χ0v) is 19.1. The van der Waals surface area contributed by atoms with Gasteiger partial charge in [0.05, 0.1) is 17.8 Å². The number of nitrogens with zero attached hydrogens (tertiary/aromatic N) is 4. The van der Waals surface area contributed by atoms with Crippen LogP contribution in [0.15, 0.2) is 54.6 Å². The fourth-order valence-corrected chi connectivity index (χ4v) is 4.86. The summed E-state index contributed by atoms with van der Waals surface area (Å²) in [6.45, 7) is 4.04. The summed E-state index contributed by atoms with van der Waals surface area (Å²) in [4.78, 5) is 17.5. The summed E-state index contributed by atoms with van der Waals surface area (Å²) in [5.74, 6) is 0.109. The van der Waals surface area contributed by atoms with Crippen molar-refractivity contribution in [2.75, 3.05) is 6.61 Å². The highest BCUT2D eigenvalue weighted by molar-refractivity contribution is 5.96. The van der Waals surface area contributed by atoms with Crippen molar-refractivity contribution in [2.45, 2.75) is 51.9 Å². The Balaban J connectivity index is 1.72. The highest BCUT2D eigenvalue weighted by atomic mass is 16.5. The van der Waals surface area contributed by atoms with Crippen LogP contribution in [0, 0.1) is 6.92 Å². The van der Waals surface area contributed by atoms with Gasteiger partial charge in [0.2, 0.25) is 0 Å². The molecule has 33 heavy (non-hydrogen) atoms. The molecule has 5 rings (SSSR count). The summed E-state index contributed by atoms with van der Waals surface area (Å²) in [6.07, 6.45) is 6.35. The number of ether oxygens (including phenoxy) is 1. The number of esters is 1. The summed E-state index contributed by atoms with van der Waals surface area (Å²) < 4.78 is 7.05. The van der Waals surface area contributed by atoms with Crippen molar-refractivity contribution in [2.24, 2.45) is 0 Å². The number of carbonyl (C=O) groups excluding carboxylic acids is 1. The Labute approximate surface area is 193 Å². The van der Waals surface area contributed by atoms with E-state index < -0.39 is 5.97 Å². The molecule has 6 heteroatoms. The van der Waals surface area contributed by atoms with Gasteiger partial charge in [-0.2, -0.15) is 0 Å². The number of rotatable bonds is 5. The Bertz CT molecular complexity index is 1290. The van der Waals surface area contributed by atoms with Gasteiger partial charge in [-0.15, -0.1) is 5.10 Å². The molecular weight excluding hydrogens is 412 g/mol. The molecule has 168 valence electrons. The van der Waals surface area contributed by atoms with Crippen molar-refractivity contribution in [3.63, 3.8) is 0 Å². The van der Waals surface area contributed by atoms with Crippen LogP contribution in [-0.4, -0.2) is 32.6 Å². The van der Waals surface area contributed by atoms with Gasteiger partial charge in [0.25, 0.3) is 0 Å². The standard InChI is InChI=1S/C27H28N4O2/c1-3-33-27(32)25-26(20-12-8-5-9-13-20)31(30-29-25)24-16-18(2)28-23-15-14-21(17-22(23)24)19-10-6-4-7-11-19/h5,8-9,12-17,19H,3-4,6-7,10-11H2,1-2H3. The van der Waals surface area contributed by atoms with Crippen molar-refractivity contribution >= 4 is 16.9 Å². The first-order chi connectivity index (χ1) is 16.2. The summed E-state index contributed by atoms with van der Waals surface area (Å²) in [5.41, 5.74) is 5.72. The van der Waals surface area contributed by atoms with Crippen molar-refractivity contribution in [1.29, 1.82) is 0 Å². The Hall–Kier alpha value is -3.54. The van der Waals surface area contributed by atoms with Crippen LogP contribution < -0.4 is 0 Å². The van der Waals surface area contributed by atoms with Gasteiger partial charge in [-0.25, -0.2) is 9.48 Å². The van der Waals surface area contributed by atoms with Gasteiger partial charge >= 0.3 is 5.97 Å². The van der Waals surface area contributed by atoms with Crippen LogP contribution in [0.4, 0.5) is 0 Å². The second-order valence-electron chi connectivity index (χ2n) is 8.68. The maximum Gasteiger partial charge on any atom is 0.361 e. The van der Waals surface area contributed by atoms with Gasteiger partial charge in [0, 0.05) is 16.6 Å². The van der Waals surface area contributed by atoms with Gasteiger partial charge in [0.1, 0.15) is 5.69 Å². The molecule has 0 bridgehead atoms. The van der Waals surface area contributed by atoms with Crippen LogP contribution in [0.3, 0.4) is 0 Å². The molecular formula is C27H28N4O2. The number of carbonyl (C=O) groups is 1. The molecule has 0 unspecified atom stereocenters. The number of hydrogen-bond donors (Lipinski definition) is 0. The first-order valence-electron chi connectivity index (χ1n) is 11.8. The predicted octanol–water partition coefficient (Wildman–Crippen LogP) is 6.02. The van der Waals surface area contributed by atoms with Crippen molar-refractivity contribution < 1.29 is 9.53 Å². The van der Waals surface area contributed by atoms with E-state index in [2.05, 4.69) is 28.5 Å². The quantitative estimate of drug-likeness (QED) is 0.355. The van der Waals surface area contributed by atoms with Gasteiger partial charge in [-0.3, -0.25) is 4.98 Å². The molecule has 0 amide bonds. The maximum absolute atomic E-state index is 12.7. The molecule has 1 aliphatic rings. The average Bonchev–Trinajstić information content (AvgIpc) is 3.30. The third kappa shape index (κ3) is 4.13. The maximum atomic E-state index is 12.7. The third-order valence-electron chi connectivity index (χ3n) is 6.43. The Kier molecular flexibility index (Phi) is 5.90. The molecule has 1 fully saturated rings. The van der Waals surface area contributed by atoms with Crippen LogP contribution in [0.2, 0.25) is 0 Å². The molecule has 0 atom stereocenters. The highest BCUT2D eigenvalue weighted by Crippen LogP contribution is 2.36.